The average molecular weight is 433 g/mol. The van der Waals surface area contributed by atoms with Gasteiger partial charge in [0.15, 0.2) is 0 Å². The van der Waals surface area contributed by atoms with Crippen LogP contribution in [0.5, 0.6) is 0 Å². The van der Waals surface area contributed by atoms with E-state index in [0.717, 1.165) is 13.7 Å². The van der Waals surface area contributed by atoms with Crippen molar-refractivity contribution in [3.63, 3.8) is 0 Å². The summed E-state index contributed by atoms with van der Waals surface area (Å²) in [5, 5.41) is 30.7. The number of aromatic nitrogens is 3. The Hall–Kier alpha value is -1.83. The Morgan fingerprint density at radius 2 is 0.767 bits per heavy atom. The van der Waals surface area contributed by atoms with Crippen LogP contribution in [0.1, 0.15) is 0 Å². The molecule has 1 aromatic rings. The SMILES string of the molecule is CN(C)C[C@@H](O)Cn1c(=O)n(C[C@H](O)CN(C)C)c(=O)n(C[C@H](O)CN(C)C)c1=O. The first kappa shape index (κ1) is 26.2. The number of aliphatic hydroxyl groups is 3. The second-order valence-electron chi connectivity index (χ2n) is 8.43. The van der Waals surface area contributed by atoms with Crippen molar-refractivity contribution in [1.82, 2.24) is 28.4 Å². The van der Waals surface area contributed by atoms with Gasteiger partial charge in [0.05, 0.1) is 37.9 Å². The normalized spacial score (nSPS) is 15.2. The highest BCUT2D eigenvalue weighted by Crippen LogP contribution is 1.93. The number of hydrogen-bond donors (Lipinski definition) is 3. The monoisotopic (exact) mass is 432 g/mol. The van der Waals surface area contributed by atoms with Crippen molar-refractivity contribution in [3.05, 3.63) is 31.5 Å². The van der Waals surface area contributed by atoms with E-state index >= 15 is 0 Å². The van der Waals surface area contributed by atoms with Crippen LogP contribution in [-0.4, -0.2) is 124 Å². The lowest BCUT2D eigenvalue weighted by molar-refractivity contribution is 0.0989. The highest BCUT2D eigenvalue weighted by atomic mass is 16.3. The van der Waals surface area contributed by atoms with E-state index in [1.54, 1.807) is 57.0 Å². The fourth-order valence-corrected chi connectivity index (χ4v) is 3.22. The molecule has 0 amide bonds. The zero-order valence-corrected chi connectivity index (χ0v) is 18.7. The van der Waals surface area contributed by atoms with Crippen molar-refractivity contribution in [3.8, 4) is 0 Å². The molecule has 0 saturated heterocycles. The molecule has 0 unspecified atom stereocenters. The molecule has 12 nitrogen and oxygen atoms in total. The van der Waals surface area contributed by atoms with Crippen molar-refractivity contribution < 1.29 is 15.3 Å². The van der Waals surface area contributed by atoms with Gasteiger partial charge in [-0.3, -0.25) is 0 Å². The molecule has 0 bridgehead atoms. The van der Waals surface area contributed by atoms with E-state index in [1.807, 2.05) is 0 Å². The molecule has 0 aliphatic heterocycles. The van der Waals surface area contributed by atoms with Crippen LogP contribution in [0.15, 0.2) is 14.4 Å². The molecule has 0 spiro atoms. The molecule has 3 N–H and O–H groups in total. The first-order chi connectivity index (χ1) is 13.8. The zero-order valence-electron chi connectivity index (χ0n) is 18.7. The smallest absolute Gasteiger partial charge is 0.336 e. The lowest BCUT2D eigenvalue weighted by Gasteiger charge is -2.22. The molecule has 1 heterocycles. The van der Waals surface area contributed by atoms with Crippen molar-refractivity contribution in [2.45, 2.75) is 37.9 Å². The highest BCUT2D eigenvalue weighted by Gasteiger charge is 2.21. The van der Waals surface area contributed by atoms with Crippen LogP contribution in [0, 0.1) is 0 Å². The summed E-state index contributed by atoms with van der Waals surface area (Å²) in [5.41, 5.74) is -2.71. The van der Waals surface area contributed by atoms with Gasteiger partial charge < -0.3 is 30.0 Å². The Kier molecular flexibility index (Phi) is 10.1. The number of likely N-dealkylation sites (N-methyl/N-ethyl adjacent to an activating group) is 3. The molecule has 0 aliphatic carbocycles. The van der Waals surface area contributed by atoms with Crippen molar-refractivity contribution in [2.24, 2.45) is 0 Å². The van der Waals surface area contributed by atoms with Crippen LogP contribution in [0.25, 0.3) is 0 Å². The third kappa shape index (κ3) is 7.78. The molecule has 0 aromatic carbocycles. The first-order valence-corrected chi connectivity index (χ1v) is 9.76. The number of aliphatic hydroxyl groups excluding tert-OH is 3. The number of hydrogen-bond acceptors (Lipinski definition) is 9. The maximum atomic E-state index is 12.9. The highest BCUT2D eigenvalue weighted by molar-refractivity contribution is 4.83. The maximum Gasteiger partial charge on any atom is 0.336 e. The molecular formula is C18H36N6O6. The Balaban J connectivity index is 3.46. The standard InChI is InChI=1S/C18H36N6O6/c1-19(2)7-13(25)10-22-16(28)23(11-14(26)8-20(3)4)18(30)24(17(22)29)12-15(27)9-21(5)6/h13-15,25-27H,7-12H2,1-6H3/t13-,14-,15-/m1/s1. The van der Waals surface area contributed by atoms with Gasteiger partial charge in [0.2, 0.25) is 0 Å². The average Bonchev–Trinajstić information content (AvgIpc) is 2.57. The van der Waals surface area contributed by atoms with Gasteiger partial charge in [-0.05, 0) is 42.3 Å². The van der Waals surface area contributed by atoms with Gasteiger partial charge >= 0.3 is 17.1 Å². The van der Waals surface area contributed by atoms with Gasteiger partial charge in [0, 0.05) is 19.6 Å². The second kappa shape index (κ2) is 11.5. The number of nitrogens with zero attached hydrogens (tertiary/aromatic N) is 6. The zero-order chi connectivity index (χ0) is 23.2. The third-order valence-corrected chi connectivity index (χ3v) is 4.29. The molecule has 1 aromatic heterocycles. The van der Waals surface area contributed by atoms with Gasteiger partial charge in [0.1, 0.15) is 0 Å². The van der Waals surface area contributed by atoms with Gasteiger partial charge in [-0.25, -0.2) is 28.1 Å². The van der Waals surface area contributed by atoms with Crippen LogP contribution in [0.2, 0.25) is 0 Å². The summed E-state index contributed by atoms with van der Waals surface area (Å²) in [6.07, 6.45) is -3.07. The summed E-state index contributed by atoms with van der Waals surface area (Å²) < 4.78 is 2.33. The molecule has 0 aliphatic rings. The van der Waals surface area contributed by atoms with E-state index in [4.69, 9.17) is 0 Å². The molecule has 0 saturated carbocycles. The summed E-state index contributed by atoms with van der Waals surface area (Å²) >= 11 is 0. The summed E-state index contributed by atoms with van der Waals surface area (Å²) in [6, 6.07) is 0. The fourth-order valence-electron chi connectivity index (χ4n) is 3.22. The molecule has 0 fully saturated rings. The summed E-state index contributed by atoms with van der Waals surface area (Å²) in [6.45, 7) is -0.330. The molecule has 30 heavy (non-hydrogen) atoms. The molecule has 174 valence electrons. The van der Waals surface area contributed by atoms with Crippen molar-refractivity contribution in [1.29, 1.82) is 0 Å². The van der Waals surface area contributed by atoms with E-state index in [1.165, 1.54) is 0 Å². The van der Waals surface area contributed by atoms with Crippen molar-refractivity contribution >= 4 is 0 Å². The minimum atomic E-state index is -1.02. The van der Waals surface area contributed by atoms with Crippen LogP contribution in [0.4, 0.5) is 0 Å². The van der Waals surface area contributed by atoms with Crippen LogP contribution >= 0.6 is 0 Å². The Labute approximate surface area is 175 Å². The Morgan fingerprint density at radius 1 is 0.567 bits per heavy atom. The lowest BCUT2D eigenvalue weighted by atomic mass is 10.3. The first-order valence-electron chi connectivity index (χ1n) is 9.76. The predicted octanol–water partition coefficient (Wildman–Crippen LogP) is -4.06. The molecular weight excluding hydrogens is 396 g/mol. The van der Waals surface area contributed by atoms with Crippen LogP contribution in [0.3, 0.4) is 0 Å². The largest absolute Gasteiger partial charge is 0.390 e. The minimum absolute atomic E-state index is 0.206. The van der Waals surface area contributed by atoms with Crippen LogP contribution in [-0.2, 0) is 19.6 Å². The predicted molar refractivity (Wildman–Crippen MR) is 113 cm³/mol. The van der Waals surface area contributed by atoms with Gasteiger partial charge in [-0.15, -0.1) is 0 Å². The van der Waals surface area contributed by atoms with Gasteiger partial charge in [-0.1, -0.05) is 0 Å². The molecule has 12 heteroatoms. The summed E-state index contributed by atoms with van der Waals surface area (Å²) in [4.78, 5) is 43.7. The lowest BCUT2D eigenvalue weighted by Crippen LogP contribution is -2.58. The van der Waals surface area contributed by atoms with Crippen molar-refractivity contribution in [2.75, 3.05) is 61.9 Å². The van der Waals surface area contributed by atoms with Crippen LogP contribution < -0.4 is 17.1 Å². The van der Waals surface area contributed by atoms with Gasteiger partial charge in [0.25, 0.3) is 0 Å². The van der Waals surface area contributed by atoms with E-state index in [-0.39, 0.29) is 39.3 Å². The Bertz CT molecular complexity index is 703. The topological polar surface area (TPSA) is 136 Å². The summed E-state index contributed by atoms with van der Waals surface area (Å²) in [5.74, 6) is 0. The Morgan fingerprint density at radius 3 is 0.933 bits per heavy atom. The van der Waals surface area contributed by atoms with E-state index in [9.17, 15) is 29.7 Å². The third-order valence-electron chi connectivity index (χ3n) is 4.29. The minimum Gasteiger partial charge on any atom is -0.390 e. The molecule has 1 rings (SSSR count). The summed E-state index contributed by atoms with van der Waals surface area (Å²) in [7, 11) is 10.4. The fraction of sp³-hybridized carbons (Fsp3) is 0.833. The second-order valence-corrected chi connectivity index (χ2v) is 8.43. The van der Waals surface area contributed by atoms with E-state index < -0.39 is 35.4 Å². The van der Waals surface area contributed by atoms with E-state index in [0.29, 0.717) is 0 Å². The molecule has 0 radical (unpaired) electrons. The quantitative estimate of drug-likeness (QED) is 0.301. The van der Waals surface area contributed by atoms with Gasteiger partial charge in [-0.2, -0.15) is 0 Å². The molecule has 3 atom stereocenters. The number of rotatable bonds is 12. The maximum absolute atomic E-state index is 12.9. The van der Waals surface area contributed by atoms with E-state index in [2.05, 4.69) is 0 Å².